The summed E-state index contributed by atoms with van der Waals surface area (Å²) in [5, 5.41) is 6.66. The van der Waals surface area contributed by atoms with E-state index in [0.29, 0.717) is 31.3 Å². The van der Waals surface area contributed by atoms with Crippen molar-refractivity contribution in [2.24, 2.45) is 0 Å². The van der Waals surface area contributed by atoms with Gasteiger partial charge in [-0.05, 0) is 63.4 Å². The maximum atomic E-state index is 14.8. The molecule has 0 saturated carbocycles. The van der Waals surface area contributed by atoms with Gasteiger partial charge in [0.05, 0.1) is 18.4 Å². The van der Waals surface area contributed by atoms with Gasteiger partial charge in [-0.1, -0.05) is 19.0 Å². The average molecular weight is 556 g/mol. The number of halogens is 1. The molecular formula is C29H38FN5O5. The number of nitrogens with one attached hydrogen (secondary N) is 1. The molecule has 216 valence electrons. The van der Waals surface area contributed by atoms with Crippen LogP contribution in [-0.4, -0.2) is 77.1 Å². The van der Waals surface area contributed by atoms with Crippen LogP contribution in [0.15, 0.2) is 45.5 Å². The van der Waals surface area contributed by atoms with Crippen LogP contribution in [0.2, 0.25) is 0 Å². The molecule has 0 bridgehead atoms. The standard InChI is InChI=1S/C29H38FN5O5/c1-4-21(5-2)28-32-26(33-40-28)23-11-10-22(19-24(23)30)38-18-8-13-34-12-7-14-35(16-15-34)29(37)20(3)31-27(36)25-9-6-17-39-25/h6,9-11,17,19-21H,4-5,7-8,12-16,18H2,1-3H3,(H,31,36)/t20-/m1/s1. The van der Waals surface area contributed by atoms with Crippen LogP contribution in [0.5, 0.6) is 5.75 Å². The molecule has 1 saturated heterocycles. The fraction of sp³-hybridized carbons (Fsp3) is 0.517. The summed E-state index contributed by atoms with van der Waals surface area (Å²) < 4.78 is 31.0. The Kier molecular flexibility index (Phi) is 10.3. The third kappa shape index (κ3) is 7.47. The fourth-order valence-corrected chi connectivity index (χ4v) is 4.82. The molecule has 0 spiro atoms. The molecule has 1 aliphatic rings. The summed E-state index contributed by atoms with van der Waals surface area (Å²) in [5.41, 5.74) is 0.284. The van der Waals surface area contributed by atoms with Gasteiger partial charge >= 0.3 is 0 Å². The average Bonchev–Trinajstić information content (AvgIpc) is 3.61. The normalized spacial score (nSPS) is 15.2. The zero-order chi connectivity index (χ0) is 28.5. The Morgan fingerprint density at radius 2 is 1.98 bits per heavy atom. The molecule has 0 radical (unpaired) electrons. The molecule has 0 unspecified atom stereocenters. The Labute approximate surface area is 233 Å². The lowest BCUT2D eigenvalue weighted by Gasteiger charge is -2.25. The summed E-state index contributed by atoms with van der Waals surface area (Å²) in [7, 11) is 0. The number of carbonyl (C=O) groups excluding carboxylic acids is 2. The van der Waals surface area contributed by atoms with Gasteiger partial charge in [-0.3, -0.25) is 9.59 Å². The lowest BCUT2D eigenvalue weighted by Crippen LogP contribution is -2.48. The zero-order valence-corrected chi connectivity index (χ0v) is 23.4. The molecule has 11 heteroatoms. The highest BCUT2D eigenvalue weighted by Crippen LogP contribution is 2.27. The van der Waals surface area contributed by atoms with Gasteiger partial charge in [0, 0.05) is 38.2 Å². The van der Waals surface area contributed by atoms with E-state index in [1.807, 2.05) is 0 Å². The molecule has 1 N–H and O–H groups in total. The number of hydrogen-bond donors (Lipinski definition) is 1. The number of amides is 2. The number of hydrogen-bond acceptors (Lipinski definition) is 8. The summed E-state index contributed by atoms with van der Waals surface area (Å²) in [6.07, 6.45) is 4.79. The van der Waals surface area contributed by atoms with E-state index in [1.54, 1.807) is 36.1 Å². The first-order chi connectivity index (χ1) is 19.4. The third-order valence-electron chi connectivity index (χ3n) is 7.21. The highest BCUT2D eigenvalue weighted by atomic mass is 19.1. The first-order valence-corrected chi connectivity index (χ1v) is 14.0. The topological polar surface area (TPSA) is 114 Å². The number of aromatic nitrogens is 2. The summed E-state index contributed by atoms with van der Waals surface area (Å²) >= 11 is 0. The molecule has 3 aromatic rings. The van der Waals surface area contributed by atoms with E-state index in [4.69, 9.17) is 13.7 Å². The lowest BCUT2D eigenvalue weighted by atomic mass is 10.0. The van der Waals surface area contributed by atoms with Crippen molar-refractivity contribution in [3.05, 3.63) is 54.1 Å². The van der Waals surface area contributed by atoms with Crippen molar-refractivity contribution >= 4 is 11.8 Å². The highest BCUT2D eigenvalue weighted by Gasteiger charge is 2.25. The van der Waals surface area contributed by atoms with Crippen LogP contribution in [0, 0.1) is 5.82 Å². The molecule has 1 aliphatic heterocycles. The number of nitrogens with zero attached hydrogens (tertiary/aromatic N) is 4. The van der Waals surface area contributed by atoms with E-state index < -0.39 is 17.8 Å². The van der Waals surface area contributed by atoms with E-state index in [9.17, 15) is 14.0 Å². The fourth-order valence-electron chi connectivity index (χ4n) is 4.82. The molecule has 1 fully saturated rings. The van der Waals surface area contributed by atoms with Crippen molar-refractivity contribution in [2.75, 3.05) is 39.3 Å². The number of carbonyl (C=O) groups is 2. The number of ether oxygens (including phenoxy) is 1. The zero-order valence-electron chi connectivity index (χ0n) is 23.4. The van der Waals surface area contributed by atoms with E-state index in [2.05, 4.69) is 34.2 Å². The predicted octanol–water partition coefficient (Wildman–Crippen LogP) is 4.49. The number of rotatable bonds is 12. The van der Waals surface area contributed by atoms with E-state index >= 15 is 0 Å². The molecule has 10 nitrogen and oxygen atoms in total. The Bertz CT molecular complexity index is 1240. The maximum absolute atomic E-state index is 14.8. The van der Waals surface area contributed by atoms with Crippen LogP contribution in [0.3, 0.4) is 0 Å². The Hall–Kier alpha value is -3.73. The second-order valence-corrected chi connectivity index (χ2v) is 10.0. The van der Waals surface area contributed by atoms with Crippen molar-refractivity contribution in [1.82, 2.24) is 25.3 Å². The number of furan rings is 1. The predicted molar refractivity (Wildman–Crippen MR) is 146 cm³/mol. The summed E-state index contributed by atoms with van der Waals surface area (Å²) in [6.45, 7) is 9.86. The Morgan fingerprint density at radius 3 is 2.70 bits per heavy atom. The monoisotopic (exact) mass is 555 g/mol. The maximum Gasteiger partial charge on any atom is 0.287 e. The molecule has 2 amide bonds. The van der Waals surface area contributed by atoms with E-state index in [1.165, 1.54) is 12.3 Å². The van der Waals surface area contributed by atoms with Gasteiger partial charge in [-0.15, -0.1) is 0 Å². The molecule has 1 aromatic carbocycles. The van der Waals surface area contributed by atoms with Crippen molar-refractivity contribution in [3.63, 3.8) is 0 Å². The minimum Gasteiger partial charge on any atom is -0.493 e. The molecule has 2 aromatic heterocycles. The molecule has 3 heterocycles. The van der Waals surface area contributed by atoms with Crippen LogP contribution in [0.4, 0.5) is 4.39 Å². The third-order valence-corrected chi connectivity index (χ3v) is 7.21. The smallest absolute Gasteiger partial charge is 0.287 e. The summed E-state index contributed by atoms with van der Waals surface area (Å²) in [5.74, 6) is 0.607. The van der Waals surface area contributed by atoms with Crippen molar-refractivity contribution < 1.29 is 27.7 Å². The first-order valence-electron chi connectivity index (χ1n) is 14.0. The van der Waals surface area contributed by atoms with Crippen molar-refractivity contribution in [2.45, 2.75) is 58.4 Å². The SMILES string of the molecule is CCC(CC)c1nc(-c2ccc(OCCCN3CCCN(C(=O)[C@@H](C)NC(=O)c4ccco4)CC3)cc2F)no1. The van der Waals surface area contributed by atoms with Crippen LogP contribution in [0.25, 0.3) is 11.4 Å². The van der Waals surface area contributed by atoms with Crippen molar-refractivity contribution in [1.29, 1.82) is 0 Å². The molecule has 0 aliphatic carbocycles. The van der Waals surface area contributed by atoms with Gasteiger partial charge in [0.15, 0.2) is 5.76 Å². The van der Waals surface area contributed by atoms with Crippen LogP contribution in [-0.2, 0) is 4.79 Å². The molecule has 40 heavy (non-hydrogen) atoms. The lowest BCUT2D eigenvalue weighted by molar-refractivity contribution is -0.132. The van der Waals surface area contributed by atoms with Gasteiger partial charge in [-0.2, -0.15) is 4.98 Å². The Morgan fingerprint density at radius 1 is 1.15 bits per heavy atom. The second-order valence-electron chi connectivity index (χ2n) is 10.0. The Balaban J connectivity index is 1.19. The first kappa shape index (κ1) is 29.3. The van der Waals surface area contributed by atoms with Crippen LogP contribution < -0.4 is 10.1 Å². The van der Waals surface area contributed by atoms with Gasteiger partial charge in [0.25, 0.3) is 5.91 Å². The summed E-state index contributed by atoms with van der Waals surface area (Å²) in [6, 6.07) is 7.23. The number of benzene rings is 1. The van der Waals surface area contributed by atoms with Gasteiger partial charge in [0.1, 0.15) is 17.6 Å². The van der Waals surface area contributed by atoms with E-state index in [-0.39, 0.29) is 29.0 Å². The minimum atomic E-state index is -0.643. The van der Waals surface area contributed by atoms with Crippen molar-refractivity contribution in [3.8, 4) is 17.1 Å². The molecular weight excluding hydrogens is 517 g/mol. The van der Waals surface area contributed by atoms with Gasteiger partial charge < -0.3 is 28.8 Å². The van der Waals surface area contributed by atoms with Crippen LogP contribution in [0.1, 0.15) is 68.8 Å². The second kappa shape index (κ2) is 14.1. The molecule has 4 rings (SSSR count). The van der Waals surface area contributed by atoms with E-state index in [0.717, 1.165) is 45.3 Å². The molecule has 1 atom stereocenters. The minimum absolute atomic E-state index is 0.108. The quantitative estimate of drug-likeness (QED) is 0.325. The van der Waals surface area contributed by atoms with Gasteiger partial charge in [-0.25, -0.2) is 4.39 Å². The summed E-state index contributed by atoms with van der Waals surface area (Å²) in [4.78, 5) is 33.5. The van der Waals surface area contributed by atoms with Gasteiger partial charge in [0.2, 0.25) is 17.6 Å². The largest absolute Gasteiger partial charge is 0.493 e. The van der Waals surface area contributed by atoms with Crippen LogP contribution >= 0.6 is 0 Å². The highest BCUT2D eigenvalue weighted by molar-refractivity contribution is 5.95.